The first-order valence-electron chi connectivity index (χ1n) is 9.22. The maximum atomic E-state index is 12.5. The Bertz CT molecular complexity index is 1030. The van der Waals surface area contributed by atoms with E-state index in [-0.39, 0.29) is 17.3 Å². The van der Waals surface area contributed by atoms with Crippen molar-refractivity contribution in [2.75, 3.05) is 11.9 Å². The highest BCUT2D eigenvalue weighted by Crippen LogP contribution is 2.13. The zero-order valence-corrected chi connectivity index (χ0v) is 16.0. The molecule has 0 aliphatic rings. The minimum absolute atomic E-state index is 0.0862. The van der Waals surface area contributed by atoms with Gasteiger partial charge in [-0.25, -0.2) is 0 Å². The fourth-order valence-electron chi connectivity index (χ4n) is 2.77. The van der Waals surface area contributed by atoms with Crippen molar-refractivity contribution < 1.29 is 14.4 Å². The second kappa shape index (κ2) is 9.41. The largest absolute Gasteiger partial charge is 0.352 e. The van der Waals surface area contributed by atoms with Gasteiger partial charge in [0.25, 0.3) is 11.8 Å². The quantitative estimate of drug-likeness (QED) is 0.607. The van der Waals surface area contributed by atoms with Crippen LogP contribution in [0.5, 0.6) is 0 Å². The van der Waals surface area contributed by atoms with Crippen LogP contribution in [0.2, 0.25) is 0 Å². The molecule has 3 aromatic rings. The fraction of sp³-hybridized carbons (Fsp3) is 0.130. The summed E-state index contributed by atoms with van der Waals surface area (Å²) in [6, 6.07) is 18.0. The summed E-state index contributed by atoms with van der Waals surface area (Å²) >= 11 is 0. The summed E-state index contributed by atoms with van der Waals surface area (Å²) in [6.45, 7) is 1.95. The van der Waals surface area contributed by atoms with E-state index in [2.05, 4.69) is 15.6 Å². The SMILES string of the molecule is CC(=O)c1cccc(NC(=O)c2cncc(C(=O)NCCc3ccccc3)c2)c1. The maximum Gasteiger partial charge on any atom is 0.257 e. The number of carbonyl (C=O) groups excluding carboxylic acids is 3. The lowest BCUT2D eigenvalue weighted by Gasteiger charge is -2.08. The van der Waals surface area contributed by atoms with Gasteiger partial charge in [-0.2, -0.15) is 0 Å². The summed E-state index contributed by atoms with van der Waals surface area (Å²) < 4.78 is 0. The Labute approximate surface area is 169 Å². The molecule has 1 aromatic heterocycles. The van der Waals surface area contributed by atoms with Crippen LogP contribution in [0.25, 0.3) is 0 Å². The van der Waals surface area contributed by atoms with Crippen molar-refractivity contribution in [3.8, 4) is 0 Å². The Morgan fingerprint density at radius 3 is 2.28 bits per heavy atom. The van der Waals surface area contributed by atoms with E-state index in [1.165, 1.54) is 25.4 Å². The van der Waals surface area contributed by atoms with Gasteiger partial charge < -0.3 is 10.6 Å². The van der Waals surface area contributed by atoms with Crippen molar-refractivity contribution >= 4 is 23.3 Å². The molecule has 3 rings (SSSR count). The normalized spacial score (nSPS) is 10.2. The number of carbonyl (C=O) groups is 3. The van der Waals surface area contributed by atoms with Gasteiger partial charge in [-0.3, -0.25) is 19.4 Å². The molecule has 0 aliphatic heterocycles. The van der Waals surface area contributed by atoms with Gasteiger partial charge in [0.1, 0.15) is 0 Å². The van der Waals surface area contributed by atoms with Crippen molar-refractivity contribution in [3.05, 3.63) is 95.3 Å². The van der Waals surface area contributed by atoms with Crippen LogP contribution < -0.4 is 10.6 Å². The van der Waals surface area contributed by atoms with Gasteiger partial charge in [0.05, 0.1) is 11.1 Å². The zero-order valence-electron chi connectivity index (χ0n) is 16.0. The molecule has 0 saturated carbocycles. The molecule has 0 unspecified atom stereocenters. The monoisotopic (exact) mass is 387 g/mol. The van der Waals surface area contributed by atoms with Crippen molar-refractivity contribution in [1.29, 1.82) is 0 Å². The second-order valence-electron chi connectivity index (χ2n) is 6.54. The van der Waals surface area contributed by atoms with Crippen molar-refractivity contribution in [2.45, 2.75) is 13.3 Å². The van der Waals surface area contributed by atoms with Crippen LogP contribution in [0.3, 0.4) is 0 Å². The lowest BCUT2D eigenvalue weighted by Crippen LogP contribution is -2.26. The number of aromatic nitrogens is 1. The van der Waals surface area contributed by atoms with Crippen molar-refractivity contribution in [3.63, 3.8) is 0 Å². The van der Waals surface area contributed by atoms with E-state index in [9.17, 15) is 14.4 Å². The molecular formula is C23H21N3O3. The average Bonchev–Trinajstić information content (AvgIpc) is 2.74. The number of benzene rings is 2. The van der Waals surface area contributed by atoms with E-state index in [4.69, 9.17) is 0 Å². The average molecular weight is 387 g/mol. The lowest BCUT2D eigenvalue weighted by atomic mass is 10.1. The van der Waals surface area contributed by atoms with E-state index < -0.39 is 5.91 Å². The van der Waals surface area contributed by atoms with Crippen molar-refractivity contribution in [1.82, 2.24) is 10.3 Å². The topological polar surface area (TPSA) is 88.2 Å². The van der Waals surface area contributed by atoms with Crippen molar-refractivity contribution in [2.24, 2.45) is 0 Å². The van der Waals surface area contributed by atoms with E-state index in [0.29, 0.717) is 29.8 Å². The Morgan fingerprint density at radius 2 is 1.55 bits per heavy atom. The molecule has 0 radical (unpaired) electrons. The number of ketones is 1. The summed E-state index contributed by atoms with van der Waals surface area (Å²) in [4.78, 5) is 40.4. The highest BCUT2D eigenvalue weighted by molar-refractivity contribution is 6.06. The van der Waals surface area contributed by atoms with Crippen LogP contribution >= 0.6 is 0 Å². The number of hydrogen-bond donors (Lipinski definition) is 2. The molecule has 0 aliphatic carbocycles. The predicted octanol–water partition coefficient (Wildman–Crippen LogP) is 3.51. The number of anilines is 1. The van der Waals surface area contributed by atoms with E-state index in [1.54, 1.807) is 24.3 Å². The molecule has 2 N–H and O–H groups in total. The molecular weight excluding hydrogens is 366 g/mol. The first kappa shape index (κ1) is 19.9. The number of Topliss-reactive ketones (excluding diaryl/α,β-unsaturated/α-hetero) is 1. The van der Waals surface area contributed by atoms with Crippen LogP contribution in [0.15, 0.2) is 73.1 Å². The molecule has 0 spiro atoms. The van der Waals surface area contributed by atoms with E-state index in [0.717, 1.165) is 5.56 Å². The van der Waals surface area contributed by atoms with Crippen LogP contribution in [0.4, 0.5) is 5.69 Å². The highest BCUT2D eigenvalue weighted by Gasteiger charge is 2.12. The molecule has 0 fully saturated rings. The molecule has 1 heterocycles. The lowest BCUT2D eigenvalue weighted by molar-refractivity contribution is 0.0952. The third kappa shape index (κ3) is 5.59. The summed E-state index contributed by atoms with van der Waals surface area (Å²) in [5, 5.41) is 5.56. The number of rotatable bonds is 7. The van der Waals surface area contributed by atoms with Gasteiger partial charge in [-0.1, -0.05) is 42.5 Å². The molecule has 29 heavy (non-hydrogen) atoms. The minimum Gasteiger partial charge on any atom is -0.352 e. The van der Waals surface area contributed by atoms with Crippen LogP contribution in [0.1, 0.15) is 43.6 Å². The summed E-state index contributed by atoms with van der Waals surface area (Å²) in [7, 11) is 0. The third-order valence-electron chi connectivity index (χ3n) is 4.33. The number of hydrogen-bond acceptors (Lipinski definition) is 4. The molecule has 6 nitrogen and oxygen atoms in total. The maximum absolute atomic E-state index is 12.5. The molecule has 6 heteroatoms. The standard InChI is InChI=1S/C23H21N3O3/c1-16(27)18-8-5-9-21(13-18)26-23(29)20-12-19(14-24-15-20)22(28)25-11-10-17-6-3-2-4-7-17/h2-9,12-15H,10-11H2,1H3,(H,25,28)(H,26,29). The van der Waals surface area contributed by atoms with Crippen LogP contribution in [-0.4, -0.2) is 29.1 Å². The summed E-state index contributed by atoms with van der Waals surface area (Å²) in [6.07, 6.45) is 3.53. The fourth-order valence-corrected chi connectivity index (χ4v) is 2.77. The number of pyridine rings is 1. The number of amides is 2. The molecule has 0 atom stereocenters. The van der Waals surface area contributed by atoms with Gasteiger partial charge in [-0.15, -0.1) is 0 Å². The smallest absolute Gasteiger partial charge is 0.257 e. The van der Waals surface area contributed by atoms with Crippen LogP contribution in [-0.2, 0) is 6.42 Å². The minimum atomic E-state index is -0.405. The summed E-state index contributed by atoms with van der Waals surface area (Å²) in [5.74, 6) is -0.782. The van der Waals surface area contributed by atoms with Gasteiger partial charge in [-0.05, 0) is 37.1 Å². The Hall–Kier alpha value is -3.80. The second-order valence-corrected chi connectivity index (χ2v) is 6.54. The first-order valence-corrected chi connectivity index (χ1v) is 9.22. The molecule has 0 saturated heterocycles. The van der Waals surface area contributed by atoms with E-state index >= 15 is 0 Å². The first-order chi connectivity index (χ1) is 14.0. The molecule has 146 valence electrons. The third-order valence-corrected chi connectivity index (χ3v) is 4.33. The molecule has 0 bridgehead atoms. The van der Waals surface area contributed by atoms with Gasteiger partial charge in [0, 0.05) is 30.2 Å². The zero-order chi connectivity index (χ0) is 20.6. The Kier molecular flexibility index (Phi) is 6.47. The number of nitrogens with zero attached hydrogens (tertiary/aromatic N) is 1. The molecule has 2 amide bonds. The summed E-state index contributed by atoms with van der Waals surface area (Å²) in [5.41, 5.74) is 2.71. The highest BCUT2D eigenvalue weighted by atomic mass is 16.2. The molecule has 2 aromatic carbocycles. The van der Waals surface area contributed by atoms with E-state index in [1.807, 2.05) is 30.3 Å². The van der Waals surface area contributed by atoms with Gasteiger partial charge >= 0.3 is 0 Å². The predicted molar refractivity (Wildman–Crippen MR) is 111 cm³/mol. The van der Waals surface area contributed by atoms with Gasteiger partial charge in [0.15, 0.2) is 5.78 Å². The number of nitrogens with one attached hydrogen (secondary N) is 2. The Morgan fingerprint density at radius 1 is 0.828 bits per heavy atom. The van der Waals surface area contributed by atoms with Gasteiger partial charge in [0.2, 0.25) is 0 Å². The Balaban J connectivity index is 1.62. The van der Waals surface area contributed by atoms with Crippen LogP contribution in [0, 0.1) is 0 Å².